The van der Waals surface area contributed by atoms with Gasteiger partial charge in [0.1, 0.15) is 28.7 Å². The summed E-state index contributed by atoms with van der Waals surface area (Å²) in [4.78, 5) is 17.6. The lowest BCUT2D eigenvalue weighted by Crippen LogP contribution is -2.12. The van der Waals surface area contributed by atoms with Crippen LogP contribution in [0, 0.1) is 0 Å². The van der Waals surface area contributed by atoms with Crippen molar-refractivity contribution in [1.29, 1.82) is 0 Å². The largest absolute Gasteiger partial charge is 0.506 e. The van der Waals surface area contributed by atoms with Crippen LogP contribution in [0.3, 0.4) is 0 Å². The lowest BCUT2D eigenvalue weighted by Gasteiger charge is -2.08. The standard InChI is InChI=1S/C27H21Cl2NO4S/c1-2-33-27(32)24-25(31)23(35-26(24)30-19-6-4-3-5-7-19)15-17-8-11-20(12-9-17)34-16-18-10-13-21(28)22(29)14-18/h3-15,31H,2,16H2,1H3/b23-15-,30-26?. The van der Waals surface area contributed by atoms with Crippen molar-refractivity contribution in [3.63, 3.8) is 0 Å². The summed E-state index contributed by atoms with van der Waals surface area (Å²) in [7, 11) is 0. The maximum atomic E-state index is 12.5. The van der Waals surface area contributed by atoms with Crippen molar-refractivity contribution >= 4 is 57.7 Å². The lowest BCUT2D eigenvalue weighted by atomic mass is 10.1. The Balaban J connectivity index is 1.53. The monoisotopic (exact) mass is 525 g/mol. The summed E-state index contributed by atoms with van der Waals surface area (Å²) in [5, 5.41) is 12.2. The van der Waals surface area contributed by atoms with E-state index in [-0.39, 0.29) is 17.9 Å². The van der Waals surface area contributed by atoms with E-state index in [1.54, 1.807) is 25.1 Å². The highest BCUT2D eigenvalue weighted by Gasteiger charge is 2.33. The molecule has 0 saturated heterocycles. The molecule has 1 aliphatic rings. The molecule has 178 valence electrons. The first-order valence-electron chi connectivity index (χ1n) is 10.8. The normalized spacial score (nSPS) is 15.6. The summed E-state index contributed by atoms with van der Waals surface area (Å²) >= 11 is 13.2. The van der Waals surface area contributed by atoms with Crippen LogP contribution in [0.2, 0.25) is 10.0 Å². The molecule has 0 spiro atoms. The topological polar surface area (TPSA) is 68.1 Å². The molecule has 0 aliphatic carbocycles. The molecule has 0 bridgehead atoms. The quantitative estimate of drug-likeness (QED) is 0.319. The van der Waals surface area contributed by atoms with Gasteiger partial charge in [0.25, 0.3) is 0 Å². The Morgan fingerprint density at radius 3 is 2.46 bits per heavy atom. The summed E-state index contributed by atoms with van der Waals surface area (Å²) in [6.07, 6.45) is 1.79. The van der Waals surface area contributed by atoms with Crippen LogP contribution in [0.4, 0.5) is 5.69 Å². The number of aliphatic hydroxyl groups excluding tert-OH is 1. The van der Waals surface area contributed by atoms with Crippen molar-refractivity contribution in [3.8, 4) is 5.75 Å². The predicted molar refractivity (Wildman–Crippen MR) is 143 cm³/mol. The maximum Gasteiger partial charge on any atom is 0.344 e. The van der Waals surface area contributed by atoms with Gasteiger partial charge in [-0.15, -0.1) is 0 Å². The molecule has 0 saturated carbocycles. The third-order valence-corrected chi connectivity index (χ3v) is 6.68. The van der Waals surface area contributed by atoms with Crippen molar-refractivity contribution in [1.82, 2.24) is 0 Å². The molecule has 1 N–H and O–H groups in total. The van der Waals surface area contributed by atoms with Gasteiger partial charge in [0, 0.05) is 0 Å². The number of aliphatic imine (C=N–C) groups is 1. The zero-order chi connectivity index (χ0) is 24.8. The molecule has 1 heterocycles. The number of carbonyl (C=O) groups excluding carboxylic acids is 1. The van der Waals surface area contributed by atoms with Gasteiger partial charge in [-0.2, -0.15) is 0 Å². The van der Waals surface area contributed by atoms with E-state index < -0.39 is 5.97 Å². The minimum Gasteiger partial charge on any atom is -0.506 e. The number of nitrogens with zero attached hydrogens (tertiary/aromatic N) is 1. The number of hydrogen-bond acceptors (Lipinski definition) is 6. The highest BCUT2D eigenvalue weighted by Crippen LogP contribution is 2.40. The average Bonchev–Trinajstić information content (AvgIpc) is 3.15. The highest BCUT2D eigenvalue weighted by atomic mass is 35.5. The molecule has 0 unspecified atom stereocenters. The minimum atomic E-state index is -0.610. The molecule has 5 nitrogen and oxygen atoms in total. The van der Waals surface area contributed by atoms with Crippen molar-refractivity contribution in [2.24, 2.45) is 4.99 Å². The van der Waals surface area contributed by atoms with E-state index in [0.717, 1.165) is 11.1 Å². The van der Waals surface area contributed by atoms with E-state index >= 15 is 0 Å². The molecule has 0 aromatic heterocycles. The van der Waals surface area contributed by atoms with Gasteiger partial charge >= 0.3 is 5.97 Å². The highest BCUT2D eigenvalue weighted by molar-refractivity contribution is 8.18. The second-order valence-corrected chi connectivity index (χ2v) is 9.26. The van der Waals surface area contributed by atoms with E-state index in [9.17, 15) is 9.90 Å². The van der Waals surface area contributed by atoms with Crippen LogP contribution in [0.15, 0.2) is 94.0 Å². The molecule has 3 aromatic rings. The first-order chi connectivity index (χ1) is 16.9. The first-order valence-corrected chi connectivity index (χ1v) is 12.3. The summed E-state index contributed by atoms with van der Waals surface area (Å²) in [5.74, 6) is -0.0830. The van der Waals surface area contributed by atoms with Gasteiger partial charge in [-0.1, -0.05) is 71.4 Å². The lowest BCUT2D eigenvalue weighted by molar-refractivity contribution is -0.138. The maximum absolute atomic E-state index is 12.5. The number of hydrogen-bond donors (Lipinski definition) is 1. The van der Waals surface area contributed by atoms with Crippen LogP contribution >= 0.6 is 35.0 Å². The molecule has 0 amide bonds. The number of halogens is 2. The van der Waals surface area contributed by atoms with Crippen LogP contribution in [0.5, 0.6) is 5.75 Å². The van der Waals surface area contributed by atoms with E-state index in [1.807, 2.05) is 60.7 Å². The predicted octanol–water partition coefficient (Wildman–Crippen LogP) is 7.77. The molecule has 0 radical (unpaired) electrons. The van der Waals surface area contributed by atoms with E-state index in [2.05, 4.69) is 4.99 Å². The van der Waals surface area contributed by atoms with Crippen LogP contribution in [0.25, 0.3) is 6.08 Å². The molecule has 4 rings (SSSR count). The summed E-state index contributed by atoms with van der Waals surface area (Å²) in [5.41, 5.74) is 2.47. The Hall–Kier alpha value is -3.19. The molecule has 0 fully saturated rings. The van der Waals surface area contributed by atoms with Crippen molar-refractivity contribution < 1.29 is 19.4 Å². The van der Waals surface area contributed by atoms with Gasteiger partial charge in [-0.3, -0.25) is 0 Å². The number of thioether (sulfide) groups is 1. The van der Waals surface area contributed by atoms with Crippen molar-refractivity contribution in [2.75, 3.05) is 6.61 Å². The molecule has 3 aromatic carbocycles. The SMILES string of the molecule is CCOC(=O)C1=C(O)/C(=C/c2ccc(OCc3ccc(Cl)c(Cl)c3)cc2)SC1=Nc1ccccc1. The van der Waals surface area contributed by atoms with Crippen molar-refractivity contribution in [3.05, 3.63) is 110 Å². The Kier molecular flexibility index (Phi) is 8.18. The molecular formula is C27H21Cl2NO4S. The zero-order valence-electron chi connectivity index (χ0n) is 18.7. The van der Waals surface area contributed by atoms with Gasteiger partial charge in [0.2, 0.25) is 0 Å². The molecule has 1 aliphatic heterocycles. The van der Waals surface area contributed by atoms with E-state index in [1.165, 1.54) is 11.8 Å². The van der Waals surface area contributed by atoms with Gasteiger partial charge in [0.15, 0.2) is 0 Å². The first kappa shape index (κ1) is 24.9. The van der Waals surface area contributed by atoms with Crippen molar-refractivity contribution in [2.45, 2.75) is 13.5 Å². The fraction of sp³-hybridized carbons (Fsp3) is 0.111. The minimum absolute atomic E-state index is 0.0635. The molecule has 8 heteroatoms. The van der Waals surface area contributed by atoms with Crippen LogP contribution in [-0.2, 0) is 16.1 Å². The average molecular weight is 526 g/mol. The fourth-order valence-corrected chi connectivity index (χ4v) is 4.58. The summed E-state index contributed by atoms with van der Waals surface area (Å²) in [6.45, 7) is 2.26. The van der Waals surface area contributed by atoms with Gasteiger partial charge in [-0.25, -0.2) is 9.79 Å². The molecular weight excluding hydrogens is 505 g/mol. The number of benzene rings is 3. The van der Waals surface area contributed by atoms with Gasteiger partial charge < -0.3 is 14.6 Å². The van der Waals surface area contributed by atoms with E-state index in [4.69, 9.17) is 32.7 Å². The Morgan fingerprint density at radius 1 is 1.03 bits per heavy atom. The number of esters is 1. The second-order valence-electron chi connectivity index (χ2n) is 7.41. The fourth-order valence-electron chi connectivity index (χ4n) is 3.22. The zero-order valence-corrected chi connectivity index (χ0v) is 21.0. The van der Waals surface area contributed by atoms with Crippen LogP contribution in [0.1, 0.15) is 18.1 Å². The Bertz CT molecular complexity index is 1320. The number of aliphatic hydroxyl groups is 1. The Labute approximate surface area is 217 Å². The third-order valence-electron chi connectivity index (χ3n) is 4.92. The number of ether oxygens (including phenoxy) is 2. The number of rotatable bonds is 7. The van der Waals surface area contributed by atoms with Crippen LogP contribution in [-0.4, -0.2) is 22.7 Å². The Morgan fingerprint density at radius 2 is 1.77 bits per heavy atom. The molecule has 0 atom stereocenters. The number of para-hydroxylation sites is 1. The van der Waals surface area contributed by atoms with E-state index in [0.29, 0.717) is 38.0 Å². The summed E-state index contributed by atoms with van der Waals surface area (Å²) in [6, 6.07) is 22.0. The smallest absolute Gasteiger partial charge is 0.344 e. The summed E-state index contributed by atoms with van der Waals surface area (Å²) < 4.78 is 11.0. The number of carbonyl (C=O) groups is 1. The van der Waals surface area contributed by atoms with Crippen LogP contribution < -0.4 is 4.74 Å². The van der Waals surface area contributed by atoms with Gasteiger partial charge in [0.05, 0.1) is 27.2 Å². The second kappa shape index (κ2) is 11.5. The third kappa shape index (κ3) is 6.28. The van der Waals surface area contributed by atoms with Gasteiger partial charge in [-0.05, 0) is 60.5 Å². The molecule has 35 heavy (non-hydrogen) atoms.